The molecule has 2 heterocycles. The molecule has 0 N–H and O–H groups in total. The minimum atomic E-state index is -0.555. The maximum atomic E-state index is 12.0. The van der Waals surface area contributed by atoms with Crippen LogP contribution in [0.4, 0.5) is 0 Å². The van der Waals surface area contributed by atoms with Gasteiger partial charge in [-0.15, -0.1) is 12.6 Å². The van der Waals surface area contributed by atoms with Gasteiger partial charge in [0.2, 0.25) is 5.88 Å². The molecular formula is C11H10ClN3O2S. The molecule has 0 saturated carbocycles. The Morgan fingerprint density at radius 1 is 1.50 bits per heavy atom. The zero-order valence-corrected chi connectivity index (χ0v) is 11.4. The fourth-order valence-electron chi connectivity index (χ4n) is 1.48. The molecule has 2 rings (SSSR count). The molecule has 5 nitrogen and oxygen atoms in total. The molecule has 0 aliphatic rings. The average molecular weight is 284 g/mol. The second-order valence-electron chi connectivity index (χ2n) is 3.60. The number of ether oxygens (including phenoxy) is 1. The number of halogens is 1. The number of esters is 1. The van der Waals surface area contributed by atoms with E-state index >= 15 is 0 Å². The smallest absolute Gasteiger partial charge is 0.349 e. The second kappa shape index (κ2) is 4.99. The molecule has 0 bridgehead atoms. The van der Waals surface area contributed by atoms with Gasteiger partial charge in [-0.1, -0.05) is 17.7 Å². The summed E-state index contributed by atoms with van der Waals surface area (Å²) in [6, 6.07) is 4.79. The van der Waals surface area contributed by atoms with Gasteiger partial charge in [-0.2, -0.15) is 5.10 Å². The molecule has 18 heavy (non-hydrogen) atoms. The number of pyridine rings is 1. The molecule has 0 radical (unpaired) electrons. The van der Waals surface area contributed by atoms with E-state index in [1.54, 1.807) is 32.2 Å². The van der Waals surface area contributed by atoms with Gasteiger partial charge in [0, 0.05) is 13.1 Å². The maximum Gasteiger partial charge on any atom is 0.349 e. The van der Waals surface area contributed by atoms with Crippen molar-refractivity contribution in [2.24, 2.45) is 7.05 Å². The van der Waals surface area contributed by atoms with E-state index in [9.17, 15) is 4.79 Å². The zero-order valence-electron chi connectivity index (χ0n) is 9.72. The Kier molecular flexibility index (Phi) is 3.58. The summed E-state index contributed by atoms with van der Waals surface area (Å²) in [7, 11) is 1.70. The van der Waals surface area contributed by atoms with Crippen molar-refractivity contribution < 1.29 is 9.53 Å². The summed E-state index contributed by atoms with van der Waals surface area (Å²) >= 11 is 9.92. The Hall–Kier alpha value is -1.53. The van der Waals surface area contributed by atoms with Crippen LogP contribution in [0.3, 0.4) is 0 Å². The molecule has 0 aliphatic heterocycles. The monoisotopic (exact) mass is 283 g/mol. The van der Waals surface area contributed by atoms with Crippen LogP contribution in [0.15, 0.2) is 23.2 Å². The zero-order chi connectivity index (χ0) is 13.3. The fourth-order valence-corrected chi connectivity index (χ4v) is 1.93. The van der Waals surface area contributed by atoms with Crippen LogP contribution in [0.1, 0.15) is 16.1 Å². The number of aryl methyl sites for hydroxylation is 2. The molecule has 0 unspecified atom stereocenters. The third-order valence-electron chi connectivity index (χ3n) is 2.28. The molecule has 94 valence electrons. The van der Waals surface area contributed by atoms with Crippen LogP contribution < -0.4 is 4.74 Å². The van der Waals surface area contributed by atoms with E-state index < -0.39 is 5.97 Å². The quantitative estimate of drug-likeness (QED) is 0.522. The summed E-state index contributed by atoms with van der Waals surface area (Å²) in [5.41, 5.74) is 0.872. The first-order valence-corrected chi connectivity index (χ1v) is 5.89. The van der Waals surface area contributed by atoms with Gasteiger partial charge in [0.05, 0.1) is 5.69 Å². The van der Waals surface area contributed by atoms with Crippen LogP contribution >= 0.6 is 24.2 Å². The van der Waals surface area contributed by atoms with Crippen LogP contribution in [0.25, 0.3) is 0 Å². The highest BCUT2D eigenvalue weighted by atomic mass is 35.5. The second-order valence-corrected chi connectivity index (χ2v) is 4.41. The van der Waals surface area contributed by atoms with Gasteiger partial charge in [0.15, 0.2) is 0 Å². The van der Waals surface area contributed by atoms with Crippen molar-refractivity contribution in [2.75, 3.05) is 0 Å². The molecule has 2 aromatic heterocycles. The van der Waals surface area contributed by atoms with Crippen LogP contribution in [-0.4, -0.2) is 20.7 Å². The lowest BCUT2D eigenvalue weighted by Gasteiger charge is -2.03. The molecule has 0 aromatic carbocycles. The molecule has 0 atom stereocenters. The first-order chi connectivity index (χ1) is 8.49. The summed E-state index contributed by atoms with van der Waals surface area (Å²) < 4.78 is 6.62. The third-order valence-corrected chi connectivity index (χ3v) is 3.01. The summed E-state index contributed by atoms with van der Waals surface area (Å²) in [4.78, 5) is 15.8. The molecular weight excluding hydrogens is 274 g/mol. The van der Waals surface area contributed by atoms with Crippen LogP contribution in [0.5, 0.6) is 5.88 Å². The Balaban J connectivity index is 2.27. The van der Waals surface area contributed by atoms with E-state index in [-0.39, 0.29) is 11.0 Å². The van der Waals surface area contributed by atoms with Crippen molar-refractivity contribution in [3.8, 4) is 5.88 Å². The Morgan fingerprint density at radius 2 is 2.22 bits per heavy atom. The number of nitrogens with zero attached hydrogens (tertiary/aromatic N) is 3. The van der Waals surface area contributed by atoms with Crippen LogP contribution in [-0.2, 0) is 7.05 Å². The van der Waals surface area contributed by atoms with Gasteiger partial charge in [0.1, 0.15) is 15.7 Å². The molecule has 0 aliphatic carbocycles. The van der Waals surface area contributed by atoms with E-state index in [0.717, 1.165) is 0 Å². The lowest BCUT2D eigenvalue weighted by Crippen LogP contribution is -2.11. The highest BCUT2D eigenvalue weighted by Crippen LogP contribution is 2.19. The maximum absolute atomic E-state index is 12.0. The summed E-state index contributed by atoms with van der Waals surface area (Å²) in [5.74, 6) is -0.413. The Labute approximate surface area is 114 Å². The minimum Gasteiger partial charge on any atom is -0.404 e. The van der Waals surface area contributed by atoms with Gasteiger partial charge in [-0.3, -0.25) is 4.68 Å². The van der Waals surface area contributed by atoms with E-state index in [4.69, 9.17) is 16.3 Å². The van der Waals surface area contributed by atoms with Gasteiger partial charge in [0.25, 0.3) is 0 Å². The van der Waals surface area contributed by atoms with Crippen molar-refractivity contribution in [3.63, 3.8) is 0 Å². The van der Waals surface area contributed by atoms with Crippen molar-refractivity contribution >= 4 is 30.2 Å². The fraction of sp³-hybridized carbons (Fsp3) is 0.182. The van der Waals surface area contributed by atoms with Crippen molar-refractivity contribution in [3.05, 3.63) is 34.6 Å². The molecule has 2 aromatic rings. The molecule has 0 amide bonds. The highest BCUT2D eigenvalue weighted by Gasteiger charge is 2.20. The predicted molar refractivity (Wildman–Crippen MR) is 69.4 cm³/mol. The molecule has 7 heteroatoms. The SMILES string of the molecule is Cc1nn(C)c(S)c1C(=O)Oc1cccc(Cl)n1. The number of carbonyl (C=O) groups excluding carboxylic acids is 1. The standard InChI is InChI=1S/C11H10ClN3O2S/c1-6-9(10(18)15(2)14-6)11(16)17-8-5-3-4-7(12)13-8/h3-5,18H,1-2H3. The van der Waals surface area contributed by atoms with Crippen molar-refractivity contribution in [2.45, 2.75) is 11.9 Å². The van der Waals surface area contributed by atoms with Gasteiger partial charge < -0.3 is 4.74 Å². The number of carbonyl (C=O) groups is 1. The normalized spacial score (nSPS) is 10.4. The van der Waals surface area contributed by atoms with Crippen molar-refractivity contribution in [1.82, 2.24) is 14.8 Å². The van der Waals surface area contributed by atoms with Gasteiger partial charge in [-0.25, -0.2) is 9.78 Å². The molecule has 0 spiro atoms. The Bertz CT molecular complexity index is 612. The number of hydrogen-bond donors (Lipinski definition) is 1. The van der Waals surface area contributed by atoms with E-state index in [1.807, 2.05) is 0 Å². The lowest BCUT2D eigenvalue weighted by molar-refractivity contribution is 0.0723. The topological polar surface area (TPSA) is 57.0 Å². The highest BCUT2D eigenvalue weighted by molar-refractivity contribution is 7.80. The molecule has 0 fully saturated rings. The van der Waals surface area contributed by atoms with E-state index in [0.29, 0.717) is 16.3 Å². The molecule has 0 saturated heterocycles. The summed E-state index contributed by atoms with van der Waals surface area (Å²) in [5, 5.41) is 4.79. The largest absolute Gasteiger partial charge is 0.404 e. The van der Waals surface area contributed by atoms with E-state index in [1.165, 1.54) is 4.68 Å². The lowest BCUT2D eigenvalue weighted by atomic mass is 10.3. The predicted octanol–water partition coefficient (Wildman–Crippen LogP) is 2.28. The number of rotatable bonds is 2. The average Bonchev–Trinajstić information content (AvgIpc) is 2.53. The van der Waals surface area contributed by atoms with Crippen LogP contribution in [0, 0.1) is 6.92 Å². The summed E-state index contributed by atoms with van der Waals surface area (Å²) in [6.45, 7) is 1.71. The number of hydrogen-bond acceptors (Lipinski definition) is 5. The first kappa shape index (κ1) is 12.9. The number of aromatic nitrogens is 3. The first-order valence-electron chi connectivity index (χ1n) is 5.06. The van der Waals surface area contributed by atoms with E-state index in [2.05, 4.69) is 22.7 Å². The van der Waals surface area contributed by atoms with Gasteiger partial charge >= 0.3 is 5.97 Å². The van der Waals surface area contributed by atoms with Crippen molar-refractivity contribution in [1.29, 1.82) is 0 Å². The number of thiol groups is 1. The summed E-state index contributed by atoms with van der Waals surface area (Å²) in [6.07, 6.45) is 0. The van der Waals surface area contributed by atoms with Crippen LogP contribution in [0.2, 0.25) is 5.15 Å². The minimum absolute atomic E-state index is 0.142. The Morgan fingerprint density at radius 3 is 2.78 bits per heavy atom. The third kappa shape index (κ3) is 2.49. The van der Waals surface area contributed by atoms with Gasteiger partial charge in [-0.05, 0) is 13.0 Å².